The van der Waals surface area contributed by atoms with E-state index in [-0.39, 0.29) is 17.7 Å². The van der Waals surface area contributed by atoms with E-state index < -0.39 is 0 Å². The fraction of sp³-hybridized carbons (Fsp3) is 0.467. The molecule has 106 valence electrons. The lowest BCUT2D eigenvalue weighted by Crippen LogP contribution is -2.34. The summed E-state index contributed by atoms with van der Waals surface area (Å²) in [4.78, 5) is 22.4. The Morgan fingerprint density at radius 2 is 2.25 bits per heavy atom. The van der Waals surface area contributed by atoms with Gasteiger partial charge in [-0.25, -0.2) is 0 Å². The predicted molar refractivity (Wildman–Crippen MR) is 74.8 cm³/mol. The van der Waals surface area contributed by atoms with Crippen LogP contribution >= 0.6 is 0 Å². The van der Waals surface area contributed by atoms with Gasteiger partial charge in [0, 0.05) is 31.5 Å². The first-order valence-corrected chi connectivity index (χ1v) is 6.95. The zero-order chi connectivity index (χ0) is 14.1. The summed E-state index contributed by atoms with van der Waals surface area (Å²) >= 11 is 0. The van der Waals surface area contributed by atoms with Crippen LogP contribution in [0.1, 0.15) is 24.5 Å². The van der Waals surface area contributed by atoms with Crippen LogP contribution in [-0.4, -0.2) is 25.0 Å². The van der Waals surface area contributed by atoms with Gasteiger partial charge < -0.3 is 15.4 Å². The van der Waals surface area contributed by atoms with Crippen molar-refractivity contribution in [2.45, 2.75) is 26.2 Å². The van der Waals surface area contributed by atoms with Gasteiger partial charge in [-0.15, -0.1) is 0 Å². The van der Waals surface area contributed by atoms with Crippen molar-refractivity contribution in [2.24, 2.45) is 5.92 Å². The summed E-state index contributed by atoms with van der Waals surface area (Å²) in [5.74, 6) is 1.26. The van der Waals surface area contributed by atoms with E-state index in [9.17, 15) is 9.59 Å². The zero-order valence-electron chi connectivity index (χ0n) is 11.5. The van der Waals surface area contributed by atoms with Gasteiger partial charge in [-0.2, -0.15) is 0 Å². The Morgan fingerprint density at radius 1 is 1.40 bits per heavy atom. The van der Waals surface area contributed by atoms with E-state index in [1.807, 2.05) is 12.1 Å². The molecule has 0 bridgehead atoms. The minimum atomic E-state index is -0.0156. The van der Waals surface area contributed by atoms with Gasteiger partial charge in [0.25, 0.3) is 0 Å². The minimum absolute atomic E-state index is 0.0156. The molecular weight excluding hydrogens is 256 g/mol. The highest BCUT2D eigenvalue weighted by Crippen LogP contribution is 2.36. The topological polar surface area (TPSA) is 67.4 Å². The van der Waals surface area contributed by atoms with Crippen LogP contribution in [0.15, 0.2) is 12.1 Å². The molecule has 1 unspecified atom stereocenters. The molecule has 0 aromatic heterocycles. The van der Waals surface area contributed by atoms with E-state index in [0.29, 0.717) is 19.6 Å². The molecule has 2 amide bonds. The lowest BCUT2D eigenvalue weighted by Gasteiger charge is -2.29. The number of benzene rings is 1. The third-order valence-electron chi connectivity index (χ3n) is 3.87. The fourth-order valence-electron chi connectivity index (χ4n) is 2.86. The first kappa shape index (κ1) is 13.0. The maximum atomic E-state index is 11.4. The van der Waals surface area contributed by atoms with Crippen molar-refractivity contribution >= 4 is 17.5 Å². The molecule has 0 saturated carbocycles. The number of rotatable bonds is 2. The number of anilines is 1. The molecule has 2 aliphatic rings. The van der Waals surface area contributed by atoms with Crippen LogP contribution in [0.4, 0.5) is 5.69 Å². The van der Waals surface area contributed by atoms with Crippen molar-refractivity contribution in [1.82, 2.24) is 5.32 Å². The molecule has 20 heavy (non-hydrogen) atoms. The lowest BCUT2D eigenvalue weighted by atomic mass is 9.88. The Hall–Kier alpha value is -2.04. The Labute approximate surface area is 117 Å². The van der Waals surface area contributed by atoms with Crippen LogP contribution in [0, 0.1) is 5.92 Å². The smallest absolute Gasteiger partial charge is 0.224 e. The molecule has 3 rings (SSSR count). The van der Waals surface area contributed by atoms with Gasteiger partial charge in [-0.05, 0) is 36.1 Å². The molecule has 2 N–H and O–H groups in total. The summed E-state index contributed by atoms with van der Waals surface area (Å²) in [5.41, 5.74) is 3.28. The molecule has 0 fully saturated rings. The van der Waals surface area contributed by atoms with E-state index in [1.165, 1.54) is 18.1 Å². The van der Waals surface area contributed by atoms with Crippen LogP contribution in [0.5, 0.6) is 5.75 Å². The van der Waals surface area contributed by atoms with Gasteiger partial charge in [-0.3, -0.25) is 9.59 Å². The number of amides is 2. The summed E-state index contributed by atoms with van der Waals surface area (Å²) in [7, 11) is 0. The Kier molecular flexibility index (Phi) is 3.34. The minimum Gasteiger partial charge on any atom is -0.493 e. The van der Waals surface area contributed by atoms with Crippen LogP contribution in [0.3, 0.4) is 0 Å². The molecule has 1 atom stereocenters. The first-order chi connectivity index (χ1) is 9.63. The number of fused-ring (bicyclic) bond motifs is 3. The average Bonchev–Trinajstić information content (AvgIpc) is 2.44. The Morgan fingerprint density at radius 3 is 3.05 bits per heavy atom. The standard InChI is InChI=1S/C15H18N2O3/c1-9(18)16-7-10-6-12-11-2-5-15(19)17-13(11)3-4-14(12)20-8-10/h3-4,10H,2,5-8H2,1H3,(H,16,18)(H,17,19). The molecule has 0 spiro atoms. The molecule has 5 nitrogen and oxygen atoms in total. The van der Waals surface area contributed by atoms with Gasteiger partial charge in [0.15, 0.2) is 0 Å². The monoisotopic (exact) mass is 274 g/mol. The van der Waals surface area contributed by atoms with E-state index in [4.69, 9.17) is 4.74 Å². The van der Waals surface area contributed by atoms with Gasteiger partial charge in [0.05, 0.1) is 6.61 Å². The molecule has 2 heterocycles. The van der Waals surface area contributed by atoms with Gasteiger partial charge in [-0.1, -0.05) is 0 Å². The highest BCUT2D eigenvalue weighted by molar-refractivity contribution is 5.94. The van der Waals surface area contributed by atoms with Crippen molar-refractivity contribution < 1.29 is 14.3 Å². The number of hydrogen-bond acceptors (Lipinski definition) is 3. The summed E-state index contributed by atoms with van der Waals surface area (Å²) in [6.45, 7) is 2.78. The SMILES string of the molecule is CC(=O)NCC1COc2ccc3c(c2C1)CCC(=O)N3. The molecule has 0 radical (unpaired) electrons. The second kappa shape index (κ2) is 5.15. The van der Waals surface area contributed by atoms with Crippen LogP contribution in [0.25, 0.3) is 0 Å². The van der Waals surface area contributed by atoms with E-state index >= 15 is 0 Å². The zero-order valence-corrected chi connectivity index (χ0v) is 11.5. The van der Waals surface area contributed by atoms with Crippen LogP contribution in [-0.2, 0) is 22.4 Å². The van der Waals surface area contributed by atoms with Crippen LogP contribution < -0.4 is 15.4 Å². The molecule has 0 saturated heterocycles. The summed E-state index contributed by atoms with van der Waals surface area (Å²) in [6, 6.07) is 3.84. The lowest BCUT2D eigenvalue weighted by molar-refractivity contribution is -0.119. The summed E-state index contributed by atoms with van der Waals surface area (Å²) in [6.07, 6.45) is 2.18. The van der Waals surface area contributed by atoms with E-state index in [2.05, 4.69) is 10.6 Å². The third kappa shape index (κ3) is 2.48. The predicted octanol–water partition coefficient (Wildman–Crippen LogP) is 1.26. The van der Waals surface area contributed by atoms with Crippen molar-refractivity contribution in [2.75, 3.05) is 18.5 Å². The second-order valence-corrected chi connectivity index (χ2v) is 5.43. The molecule has 0 aliphatic carbocycles. The van der Waals surface area contributed by atoms with Crippen LogP contribution in [0.2, 0.25) is 0 Å². The fourth-order valence-corrected chi connectivity index (χ4v) is 2.86. The van der Waals surface area contributed by atoms with Crippen molar-refractivity contribution in [1.29, 1.82) is 0 Å². The maximum Gasteiger partial charge on any atom is 0.224 e. The van der Waals surface area contributed by atoms with E-state index in [0.717, 1.165) is 24.3 Å². The van der Waals surface area contributed by atoms with Gasteiger partial charge >= 0.3 is 0 Å². The largest absolute Gasteiger partial charge is 0.493 e. The number of carbonyl (C=O) groups excluding carboxylic acids is 2. The van der Waals surface area contributed by atoms with Gasteiger partial charge in [0.2, 0.25) is 11.8 Å². The molecule has 2 aliphatic heterocycles. The van der Waals surface area contributed by atoms with Crippen molar-refractivity contribution in [3.63, 3.8) is 0 Å². The second-order valence-electron chi connectivity index (χ2n) is 5.43. The van der Waals surface area contributed by atoms with Crippen molar-refractivity contribution in [3.05, 3.63) is 23.3 Å². The molecule has 1 aromatic carbocycles. The van der Waals surface area contributed by atoms with E-state index in [1.54, 1.807) is 0 Å². The number of hydrogen-bond donors (Lipinski definition) is 2. The summed E-state index contributed by atoms with van der Waals surface area (Å²) < 4.78 is 5.80. The highest BCUT2D eigenvalue weighted by Gasteiger charge is 2.26. The Balaban J connectivity index is 1.82. The molecule has 1 aromatic rings. The quantitative estimate of drug-likeness (QED) is 0.853. The number of nitrogens with one attached hydrogen (secondary N) is 2. The molecular formula is C15H18N2O3. The number of ether oxygens (including phenoxy) is 1. The summed E-state index contributed by atoms with van der Waals surface area (Å²) in [5, 5.41) is 5.76. The third-order valence-corrected chi connectivity index (χ3v) is 3.87. The number of carbonyl (C=O) groups is 2. The maximum absolute atomic E-state index is 11.4. The highest BCUT2D eigenvalue weighted by atomic mass is 16.5. The molecule has 5 heteroatoms. The van der Waals surface area contributed by atoms with Crippen molar-refractivity contribution in [3.8, 4) is 5.75 Å². The Bertz CT molecular complexity index is 568. The average molecular weight is 274 g/mol. The first-order valence-electron chi connectivity index (χ1n) is 6.95. The van der Waals surface area contributed by atoms with Gasteiger partial charge in [0.1, 0.15) is 5.75 Å². The normalized spacial score (nSPS) is 20.2.